The van der Waals surface area contributed by atoms with E-state index in [1.54, 1.807) is 0 Å². The monoisotopic (exact) mass is 232 g/mol. The molecule has 0 aliphatic carbocycles. The average Bonchev–Trinajstić information content (AvgIpc) is 2.24. The van der Waals surface area contributed by atoms with Gasteiger partial charge >= 0.3 is 0 Å². The van der Waals surface area contributed by atoms with Crippen LogP contribution in [0.15, 0.2) is 12.7 Å². The summed E-state index contributed by atoms with van der Waals surface area (Å²) in [6.07, 6.45) is 3.82. The summed E-state index contributed by atoms with van der Waals surface area (Å²) in [7, 11) is -0.480. The highest BCUT2D eigenvalue weighted by molar-refractivity contribution is 6.27. The molecule has 0 heterocycles. The molecule has 0 amide bonds. The molecule has 0 bridgehead atoms. The minimum Gasteiger partial charge on any atom is -0.399 e. The van der Waals surface area contributed by atoms with E-state index < -0.39 is 9.76 Å². The predicted molar refractivity (Wildman–Crippen MR) is 65.8 cm³/mol. The van der Waals surface area contributed by atoms with E-state index in [1.165, 1.54) is 0 Å². The van der Waals surface area contributed by atoms with Crippen molar-refractivity contribution in [3.8, 4) is 0 Å². The van der Waals surface area contributed by atoms with Crippen LogP contribution in [0.25, 0.3) is 0 Å². The highest BCUT2D eigenvalue weighted by Gasteiger charge is 2.07. The van der Waals surface area contributed by atoms with E-state index in [1.807, 2.05) is 19.9 Å². The quantitative estimate of drug-likeness (QED) is 0.236. The summed E-state index contributed by atoms with van der Waals surface area (Å²) < 4.78 is 16.5. The second-order valence-corrected chi connectivity index (χ2v) is 4.49. The smallest absolute Gasteiger partial charge is 0.168 e. The molecule has 0 spiro atoms. The van der Waals surface area contributed by atoms with Crippen molar-refractivity contribution in [2.75, 3.05) is 19.8 Å². The van der Waals surface area contributed by atoms with Crippen LogP contribution in [0.4, 0.5) is 0 Å². The molecule has 0 rings (SSSR count). The molecule has 0 saturated heterocycles. The van der Waals surface area contributed by atoms with Crippen molar-refractivity contribution in [2.45, 2.75) is 39.0 Å². The highest BCUT2D eigenvalue weighted by Crippen LogP contribution is 2.05. The van der Waals surface area contributed by atoms with Gasteiger partial charge in [-0.15, -0.1) is 6.58 Å². The first-order chi connectivity index (χ1) is 7.35. The Hall–Kier alpha value is -0.163. The fourth-order valence-electron chi connectivity index (χ4n) is 1.18. The molecule has 0 fully saturated rings. The minimum absolute atomic E-state index is 0.0259. The van der Waals surface area contributed by atoms with Crippen molar-refractivity contribution in [3.63, 3.8) is 0 Å². The van der Waals surface area contributed by atoms with Gasteiger partial charge in [-0.1, -0.05) is 6.08 Å². The summed E-state index contributed by atoms with van der Waals surface area (Å²) in [4.78, 5) is 0. The average molecular weight is 232 g/mol. The van der Waals surface area contributed by atoms with Crippen LogP contribution in [0.1, 0.15) is 26.7 Å². The van der Waals surface area contributed by atoms with E-state index in [2.05, 4.69) is 6.58 Å². The zero-order valence-corrected chi connectivity index (χ0v) is 11.5. The Kier molecular flexibility index (Phi) is 11.8. The molecule has 4 heteroatoms. The molecule has 0 aromatic carbocycles. The van der Waals surface area contributed by atoms with Gasteiger partial charge in [-0.3, -0.25) is 0 Å². The molecule has 90 valence electrons. The van der Waals surface area contributed by atoms with E-state index in [-0.39, 0.29) is 6.29 Å². The van der Waals surface area contributed by atoms with E-state index in [0.717, 1.165) is 32.1 Å². The molecule has 1 atom stereocenters. The zero-order chi connectivity index (χ0) is 11.4. The maximum absolute atomic E-state index is 5.69. The SMILES string of the molecule is C=CC[SiH2]OC(CCCOCC)OCC. The molecule has 1 unspecified atom stereocenters. The first kappa shape index (κ1) is 14.8. The summed E-state index contributed by atoms with van der Waals surface area (Å²) >= 11 is 0. The molecule has 0 aliphatic rings. The Labute approximate surface area is 95.7 Å². The number of hydrogen-bond acceptors (Lipinski definition) is 3. The normalized spacial score (nSPS) is 13.5. The molecule has 0 aromatic heterocycles. The zero-order valence-electron chi connectivity index (χ0n) is 10.0. The predicted octanol–water partition coefficient (Wildman–Crippen LogP) is 1.87. The molecular formula is C11H24O3Si. The van der Waals surface area contributed by atoms with Crippen molar-refractivity contribution in [1.82, 2.24) is 0 Å². The van der Waals surface area contributed by atoms with Crippen LogP contribution in [-0.2, 0) is 13.9 Å². The second kappa shape index (κ2) is 11.9. The van der Waals surface area contributed by atoms with Gasteiger partial charge in [0, 0.05) is 19.8 Å². The van der Waals surface area contributed by atoms with Gasteiger partial charge in [0.15, 0.2) is 9.76 Å². The van der Waals surface area contributed by atoms with Gasteiger partial charge < -0.3 is 13.9 Å². The third-order valence-electron chi connectivity index (χ3n) is 1.91. The maximum Gasteiger partial charge on any atom is 0.168 e. The first-order valence-corrected chi connectivity index (χ1v) is 7.34. The lowest BCUT2D eigenvalue weighted by Crippen LogP contribution is -2.20. The largest absolute Gasteiger partial charge is 0.399 e. The molecule has 0 radical (unpaired) electrons. The van der Waals surface area contributed by atoms with Gasteiger partial charge in [0.05, 0.1) is 0 Å². The molecule has 0 saturated carbocycles. The number of allylic oxidation sites excluding steroid dienone is 1. The van der Waals surface area contributed by atoms with Crippen LogP contribution in [0.3, 0.4) is 0 Å². The minimum atomic E-state index is -0.480. The van der Waals surface area contributed by atoms with Gasteiger partial charge in [-0.25, -0.2) is 0 Å². The Morgan fingerprint density at radius 2 is 2.13 bits per heavy atom. The standard InChI is InChI=1S/C11H24O3Si/c1-4-10-15-14-11(13-6-3)8-7-9-12-5-2/h4,11H,1,5-10,15H2,2-3H3. The Bertz CT molecular complexity index is 142. The lowest BCUT2D eigenvalue weighted by molar-refractivity contribution is -0.0824. The van der Waals surface area contributed by atoms with Crippen LogP contribution in [0.2, 0.25) is 6.04 Å². The van der Waals surface area contributed by atoms with Crippen LogP contribution in [-0.4, -0.2) is 35.9 Å². The van der Waals surface area contributed by atoms with Crippen molar-refractivity contribution in [3.05, 3.63) is 12.7 Å². The summed E-state index contributed by atoms with van der Waals surface area (Å²) in [5, 5.41) is 0. The van der Waals surface area contributed by atoms with Gasteiger partial charge in [0.1, 0.15) is 6.29 Å². The maximum atomic E-state index is 5.69. The topological polar surface area (TPSA) is 27.7 Å². The van der Waals surface area contributed by atoms with E-state index in [4.69, 9.17) is 13.9 Å². The van der Waals surface area contributed by atoms with Crippen molar-refractivity contribution in [1.29, 1.82) is 0 Å². The molecule has 3 nitrogen and oxygen atoms in total. The van der Waals surface area contributed by atoms with Crippen molar-refractivity contribution in [2.24, 2.45) is 0 Å². The summed E-state index contributed by atoms with van der Waals surface area (Å²) in [5.41, 5.74) is 0. The summed E-state index contributed by atoms with van der Waals surface area (Å²) in [6.45, 7) is 9.98. The third-order valence-corrected chi connectivity index (χ3v) is 3.16. The Morgan fingerprint density at radius 1 is 1.33 bits per heavy atom. The molecule has 0 aliphatic heterocycles. The lowest BCUT2D eigenvalue weighted by atomic mass is 10.3. The Morgan fingerprint density at radius 3 is 2.73 bits per heavy atom. The van der Waals surface area contributed by atoms with Crippen molar-refractivity contribution >= 4 is 9.76 Å². The summed E-state index contributed by atoms with van der Waals surface area (Å²) in [6, 6.07) is 1.01. The van der Waals surface area contributed by atoms with Crippen molar-refractivity contribution < 1.29 is 13.9 Å². The van der Waals surface area contributed by atoms with E-state index >= 15 is 0 Å². The molecular weight excluding hydrogens is 208 g/mol. The van der Waals surface area contributed by atoms with E-state index in [0.29, 0.717) is 6.61 Å². The van der Waals surface area contributed by atoms with Crippen LogP contribution >= 0.6 is 0 Å². The van der Waals surface area contributed by atoms with Crippen LogP contribution in [0, 0.1) is 0 Å². The Balaban J connectivity index is 3.48. The fourth-order valence-corrected chi connectivity index (χ4v) is 2.01. The molecule has 0 N–H and O–H groups in total. The molecule has 15 heavy (non-hydrogen) atoms. The lowest BCUT2D eigenvalue weighted by Gasteiger charge is -2.17. The number of ether oxygens (including phenoxy) is 2. The highest BCUT2D eigenvalue weighted by atomic mass is 28.2. The van der Waals surface area contributed by atoms with Gasteiger partial charge in [0.2, 0.25) is 0 Å². The number of rotatable bonds is 11. The second-order valence-electron chi connectivity index (χ2n) is 3.17. The van der Waals surface area contributed by atoms with Gasteiger partial charge in [0.25, 0.3) is 0 Å². The molecule has 0 aromatic rings. The van der Waals surface area contributed by atoms with Crippen LogP contribution in [0.5, 0.6) is 0 Å². The van der Waals surface area contributed by atoms with Gasteiger partial charge in [-0.2, -0.15) is 0 Å². The fraction of sp³-hybridized carbons (Fsp3) is 0.818. The van der Waals surface area contributed by atoms with Crippen LogP contribution < -0.4 is 0 Å². The van der Waals surface area contributed by atoms with Gasteiger partial charge in [-0.05, 0) is 32.7 Å². The number of hydrogen-bond donors (Lipinski definition) is 0. The summed E-state index contributed by atoms with van der Waals surface area (Å²) in [5.74, 6) is 0. The van der Waals surface area contributed by atoms with E-state index in [9.17, 15) is 0 Å². The first-order valence-electron chi connectivity index (χ1n) is 5.77. The third kappa shape index (κ3) is 10.1.